The SMILES string of the molecule is Cn1cccc(C(=O)N2CCC(N)C2)c1=O. The largest absolute Gasteiger partial charge is 0.337 e. The molecule has 5 heteroatoms. The molecule has 16 heavy (non-hydrogen) atoms. The number of carbonyl (C=O) groups excluding carboxylic acids is 1. The van der Waals surface area contributed by atoms with E-state index in [1.807, 2.05) is 0 Å². The Labute approximate surface area is 93.5 Å². The number of nitrogens with zero attached hydrogens (tertiary/aromatic N) is 2. The summed E-state index contributed by atoms with van der Waals surface area (Å²) in [6.07, 6.45) is 2.44. The zero-order valence-electron chi connectivity index (χ0n) is 9.22. The first-order valence-corrected chi connectivity index (χ1v) is 5.30. The normalized spacial score (nSPS) is 20.1. The van der Waals surface area contributed by atoms with Crippen LogP contribution in [0.15, 0.2) is 23.1 Å². The average molecular weight is 221 g/mol. The summed E-state index contributed by atoms with van der Waals surface area (Å²) in [6, 6.07) is 3.30. The Kier molecular flexibility index (Phi) is 2.78. The van der Waals surface area contributed by atoms with Gasteiger partial charge in [-0.05, 0) is 18.6 Å². The van der Waals surface area contributed by atoms with Crippen LogP contribution in [0.4, 0.5) is 0 Å². The summed E-state index contributed by atoms with van der Waals surface area (Å²) in [5.41, 5.74) is 5.70. The lowest BCUT2D eigenvalue weighted by atomic mass is 10.2. The highest BCUT2D eigenvalue weighted by Crippen LogP contribution is 2.10. The van der Waals surface area contributed by atoms with E-state index in [4.69, 9.17) is 5.73 Å². The molecule has 1 saturated heterocycles. The first kappa shape index (κ1) is 10.9. The Morgan fingerprint density at radius 2 is 2.31 bits per heavy atom. The van der Waals surface area contributed by atoms with E-state index in [0.717, 1.165) is 6.42 Å². The van der Waals surface area contributed by atoms with Gasteiger partial charge in [-0.3, -0.25) is 9.59 Å². The van der Waals surface area contributed by atoms with Crippen molar-refractivity contribution >= 4 is 5.91 Å². The zero-order valence-corrected chi connectivity index (χ0v) is 9.22. The number of rotatable bonds is 1. The van der Waals surface area contributed by atoms with E-state index in [9.17, 15) is 9.59 Å². The molecule has 2 N–H and O–H groups in total. The summed E-state index contributed by atoms with van der Waals surface area (Å²) >= 11 is 0. The molecule has 0 bridgehead atoms. The molecule has 1 aliphatic heterocycles. The highest BCUT2D eigenvalue weighted by Gasteiger charge is 2.26. The lowest BCUT2D eigenvalue weighted by Crippen LogP contribution is -2.36. The summed E-state index contributed by atoms with van der Waals surface area (Å²) in [4.78, 5) is 25.4. The molecule has 0 saturated carbocycles. The van der Waals surface area contributed by atoms with Gasteiger partial charge in [0, 0.05) is 32.4 Å². The van der Waals surface area contributed by atoms with Gasteiger partial charge >= 0.3 is 0 Å². The lowest BCUT2D eigenvalue weighted by Gasteiger charge is -2.15. The second-order valence-electron chi connectivity index (χ2n) is 4.14. The van der Waals surface area contributed by atoms with Crippen LogP contribution in [-0.4, -0.2) is 34.5 Å². The molecule has 2 rings (SSSR count). The highest BCUT2D eigenvalue weighted by molar-refractivity contribution is 5.94. The van der Waals surface area contributed by atoms with E-state index in [1.54, 1.807) is 30.3 Å². The Bertz CT molecular complexity index is 467. The minimum Gasteiger partial charge on any atom is -0.337 e. The van der Waals surface area contributed by atoms with Crippen molar-refractivity contribution in [3.8, 4) is 0 Å². The van der Waals surface area contributed by atoms with Crippen LogP contribution in [0.25, 0.3) is 0 Å². The number of likely N-dealkylation sites (tertiary alicyclic amines) is 1. The molecule has 1 aliphatic rings. The Morgan fingerprint density at radius 1 is 1.56 bits per heavy atom. The summed E-state index contributed by atoms with van der Waals surface area (Å²) < 4.78 is 1.41. The molecule has 86 valence electrons. The van der Waals surface area contributed by atoms with E-state index in [1.165, 1.54) is 4.57 Å². The second kappa shape index (κ2) is 4.09. The topological polar surface area (TPSA) is 68.3 Å². The molecular weight excluding hydrogens is 206 g/mol. The van der Waals surface area contributed by atoms with Gasteiger partial charge in [0.25, 0.3) is 11.5 Å². The van der Waals surface area contributed by atoms with E-state index in [-0.39, 0.29) is 23.1 Å². The van der Waals surface area contributed by atoms with Crippen LogP contribution < -0.4 is 11.3 Å². The molecule has 0 radical (unpaired) electrons. The number of aromatic nitrogens is 1. The maximum atomic E-state index is 12.0. The van der Waals surface area contributed by atoms with Crippen molar-refractivity contribution < 1.29 is 4.79 Å². The van der Waals surface area contributed by atoms with Crippen LogP contribution in [0, 0.1) is 0 Å². The van der Waals surface area contributed by atoms with E-state index < -0.39 is 0 Å². The fourth-order valence-corrected chi connectivity index (χ4v) is 1.90. The van der Waals surface area contributed by atoms with Gasteiger partial charge in [0.2, 0.25) is 0 Å². The van der Waals surface area contributed by atoms with Gasteiger partial charge in [0.05, 0.1) is 0 Å². The van der Waals surface area contributed by atoms with Gasteiger partial charge in [-0.2, -0.15) is 0 Å². The third-order valence-corrected chi connectivity index (χ3v) is 2.87. The van der Waals surface area contributed by atoms with Crippen molar-refractivity contribution in [3.63, 3.8) is 0 Å². The molecule has 1 fully saturated rings. The van der Waals surface area contributed by atoms with Gasteiger partial charge in [-0.1, -0.05) is 0 Å². The second-order valence-corrected chi connectivity index (χ2v) is 4.14. The van der Waals surface area contributed by atoms with Crippen LogP contribution in [0.1, 0.15) is 16.8 Å². The summed E-state index contributed by atoms with van der Waals surface area (Å²) in [6.45, 7) is 1.18. The van der Waals surface area contributed by atoms with Crippen molar-refractivity contribution in [2.75, 3.05) is 13.1 Å². The van der Waals surface area contributed by atoms with Crippen molar-refractivity contribution in [1.29, 1.82) is 0 Å². The van der Waals surface area contributed by atoms with Crippen LogP contribution in [0.3, 0.4) is 0 Å². The van der Waals surface area contributed by atoms with Gasteiger partial charge in [0.15, 0.2) is 0 Å². The van der Waals surface area contributed by atoms with Gasteiger partial charge < -0.3 is 15.2 Å². The number of carbonyl (C=O) groups is 1. The van der Waals surface area contributed by atoms with Crippen LogP contribution in [0.2, 0.25) is 0 Å². The predicted octanol–water partition coefficient (Wildman–Crippen LogP) is -0.442. The maximum Gasteiger partial charge on any atom is 0.263 e. The average Bonchev–Trinajstić information content (AvgIpc) is 2.68. The molecule has 5 nitrogen and oxygen atoms in total. The number of amides is 1. The molecule has 0 aromatic carbocycles. The molecule has 2 heterocycles. The van der Waals surface area contributed by atoms with Crippen molar-refractivity contribution in [3.05, 3.63) is 34.2 Å². The quantitative estimate of drug-likeness (QED) is 0.699. The monoisotopic (exact) mass is 221 g/mol. The minimum absolute atomic E-state index is 0.0384. The highest BCUT2D eigenvalue weighted by atomic mass is 16.2. The number of pyridine rings is 1. The fourth-order valence-electron chi connectivity index (χ4n) is 1.90. The van der Waals surface area contributed by atoms with Crippen LogP contribution in [-0.2, 0) is 7.05 Å². The van der Waals surface area contributed by atoms with Crippen molar-refractivity contribution in [2.45, 2.75) is 12.5 Å². The number of nitrogens with two attached hydrogens (primary N) is 1. The Hall–Kier alpha value is -1.62. The number of hydrogen-bond donors (Lipinski definition) is 1. The molecule has 1 aromatic heterocycles. The number of aryl methyl sites for hydroxylation is 1. The molecule has 0 spiro atoms. The van der Waals surface area contributed by atoms with Gasteiger partial charge in [0.1, 0.15) is 5.56 Å². The van der Waals surface area contributed by atoms with E-state index in [2.05, 4.69) is 0 Å². The fraction of sp³-hybridized carbons (Fsp3) is 0.455. The standard InChI is InChI=1S/C11H15N3O2/c1-13-5-2-3-9(10(13)15)11(16)14-6-4-8(12)7-14/h2-3,5,8H,4,6-7,12H2,1H3. The minimum atomic E-state index is -0.257. The van der Waals surface area contributed by atoms with Crippen molar-refractivity contribution in [2.24, 2.45) is 12.8 Å². The third-order valence-electron chi connectivity index (χ3n) is 2.87. The third kappa shape index (κ3) is 1.86. The summed E-state index contributed by atoms with van der Waals surface area (Å²) in [5, 5.41) is 0. The van der Waals surface area contributed by atoms with Gasteiger partial charge in [-0.15, -0.1) is 0 Å². The number of hydrogen-bond acceptors (Lipinski definition) is 3. The summed E-state index contributed by atoms with van der Waals surface area (Å²) in [5.74, 6) is -0.214. The smallest absolute Gasteiger partial charge is 0.263 e. The zero-order chi connectivity index (χ0) is 11.7. The maximum absolute atomic E-state index is 12.0. The molecular formula is C11H15N3O2. The molecule has 1 aromatic rings. The summed E-state index contributed by atoms with van der Waals surface area (Å²) in [7, 11) is 1.63. The molecule has 0 aliphatic carbocycles. The first-order valence-electron chi connectivity index (χ1n) is 5.30. The lowest BCUT2D eigenvalue weighted by molar-refractivity contribution is 0.0788. The molecule has 1 unspecified atom stereocenters. The Balaban J connectivity index is 2.28. The predicted molar refractivity (Wildman–Crippen MR) is 60.2 cm³/mol. The van der Waals surface area contributed by atoms with Crippen LogP contribution >= 0.6 is 0 Å². The first-order chi connectivity index (χ1) is 7.59. The molecule has 1 amide bonds. The van der Waals surface area contributed by atoms with E-state index >= 15 is 0 Å². The van der Waals surface area contributed by atoms with Crippen molar-refractivity contribution in [1.82, 2.24) is 9.47 Å². The van der Waals surface area contributed by atoms with Crippen LogP contribution in [0.5, 0.6) is 0 Å². The Morgan fingerprint density at radius 3 is 2.94 bits per heavy atom. The van der Waals surface area contributed by atoms with Gasteiger partial charge in [-0.25, -0.2) is 0 Å². The van der Waals surface area contributed by atoms with E-state index in [0.29, 0.717) is 13.1 Å². The molecule has 1 atom stereocenters.